The molecule has 0 aliphatic carbocycles. The van der Waals surface area contributed by atoms with Crippen LogP contribution in [0.1, 0.15) is 34.5 Å². The minimum Gasteiger partial charge on any atom is -0.497 e. The lowest BCUT2D eigenvalue weighted by molar-refractivity contribution is -0.126. The van der Waals surface area contributed by atoms with Crippen molar-refractivity contribution in [1.82, 2.24) is 20.2 Å². The molecule has 4 N–H and O–H groups in total. The number of methoxy groups -OCH3 is 1. The predicted molar refractivity (Wildman–Crippen MR) is 127 cm³/mol. The fourth-order valence-electron chi connectivity index (χ4n) is 3.94. The van der Waals surface area contributed by atoms with Crippen molar-refractivity contribution in [3.05, 3.63) is 70.1 Å². The van der Waals surface area contributed by atoms with Gasteiger partial charge in [-0.25, -0.2) is 14.4 Å². The summed E-state index contributed by atoms with van der Waals surface area (Å²) in [6.07, 6.45) is 1.39. The van der Waals surface area contributed by atoms with Crippen molar-refractivity contribution in [3.8, 4) is 17.0 Å². The standard InChI is InChI=1S/C24H23ClFN5O4/c1-12(22(33)29-20(11-32)15-5-16(26)8-17(6-15)35-2)31-10-14-4-3-13(7-18(14)23(31)34)21-19(25)9-28-24(27)30-21/h3-9,12,20,32H,10-11H2,1-2H3,(H,29,33)(H2,27,28,30). The van der Waals surface area contributed by atoms with Crippen LogP contribution >= 0.6 is 11.6 Å². The van der Waals surface area contributed by atoms with Crippen LogP contribution in [0.15, 0.2) is 42.6 Å². The average molecular weight is 500 g/mol. The summed E-state index contributed by atoms with van der Waals surface area (Å²) in [5.74, 6) is -1.09. The molecule has 2 unspecified atom stereocenters. The largest absolute Gasteiger partial charge is 0.497 e. The third kappa shape index (κ3) is 4.89. The Morgan fingerprint density at radius 2 is 2.11 bits per heavy atom. The molecule has 35 heavy (non-hydrogen) atoms. The van der Waals surface area contributed by atoms with E-state index >= 15 is 0 Å². The second-order valence-corrected chi connectivity index (χ2v) is 8.48. The molecule has 4 rings (SSSR count). The molecule has 3 aromatic rings. The van der Waals surface area contributed by atoms with Crippen LogP contribution < -0.4 is 15.8 Å². The Bertz CT molecular complexity index is 1300. The average Bonchev–Trinajstić information content (AvgIpc) is 3.18. The Kier molecular flexibility index (Phi) is 6.86. The molecule has 2 aromatic carbocycles. The smallest absolute Gasteiger partial charge is 0.255 e. The minimum absolute atomic E-state index is 0.0532. The molecule has 0 fully saturated rings. The fourth-order valence-corrected chi connectivity index (χ4v) is 4.14. The van der Waals surface area contributed by atoms with E-state index in [1.54, 1.807) is 25.1 Å². The number of nitrogens with two attached hydrogens (primary N) is 1. The maximum Gasteiger partial charge on any atom is 0.255 e. The number of hydrogen-bond acceptors (Lipinski definition) is 7. The third-order valence-electron chi connectivity index (χ3n) is 5.86. The normalized spacial score (nSPS) is 14.4. The molecule has 0 spiro atoms. The Morgan fingerprint density at radius 1 is 1.34 bits per heavy atom. The summed E-state index contributed by atoms with van der Waals surface area (Å²) in [6, 6.07) is 7.39. The lowest BCUT2D eigenvalue weighted by Crippen LogP contribution is -2.46. The van der Waals surface area contributed by atoms with Gasteiger partial charge in [0, 0.05) is 23.7 Å². The number of ether oxygens (including phenoxy) is 1. The molecule has 1 aromatic heterocycles. The molecule has 0 saturated carbocycles. The third-order valence-corrected chi connectivity index (χ3v) is 6.13. The molecular weight excluding hydrogens is 477 g/mol. The van der Waals surface area contributed by atoms with Crippen molar-refractivity contribution in [2.75, 3.05) is 19.5 Å². The summed E-state index contributed by atoms with van der Waals surface area (Å²) in [5.41, 5.74) is 8.16. The number of amides is 2. The number of halogens is 2. The van der Waals surface area contributed by atoms with Gasteiger partial charge in [0.15, 0.2) is 0 Å². The highest BCUT2D eigenvalue weighted by molar-refractivity contribution is 6.33. The van der Waals surface area contributed by atoms with Crippen molar-refractivity contribution in [2.24, 2.45) is 0 Å². The first-order valence-corrected chi connectivity index (χ1v) is 11.1. The van der Waals surface area contributed by atoms with E-state index in [0.717, 1.165) is 5.56 Å². The molecule has 0 radical (unpaired) electrons. The number of aliphatic hydroxyl groups excluding tert-OH is 1. The topological polar surface area (TPSA) is 131 Å². The molecule has 182 valence electrons. The van der Waals surface area contributed by atoms with Gasteiger partial charge in [0.25, 0.3) is 5.91 Å². The van der Waals surface area contributed by atoms with Gasteiger partial charge in [0.1, 0.15) is 17.6 Å². The summed E-state index contributed by atoms with van der Waals surface area (Å²) in [7, 11) is 1.39. The quantitative estimate of drug-likeness (QED) is 0.455. The number of aliphatic hydroxyl groups is 1. The molecule has 1 aliphatic rings. The van der Waals surface area contributed by atoms with Crippen LogP contribution in [0.5, 0.6) is 5.75 Å². The van der Waals surface area contributed by atoms with Crippen LogP contribution in [0.2, 0.25) is 5.02 Å². The predicted octanol–water partition coefficient (Wildman–Crippen LogP) is 2.72. The van der Waals surface area contributed by atoms with E-state index in [1.807, 2.05) is 0 Å². The molecule has 2 heterocycles. The van der Waals surface area contributed by atoms with Crippen LogP contribution in [0, 0.1) is 5.82 Å². The molecule has 2 amide bonds. The summed E-state index contributed by atoms with van der Waals surface area (Å²) in [5, 5.41) is 12.8. The lowest BCUT2D eigenvalue weighted by Gasteiger charge is -2.26. The number of hydrogen-bond donors (Lipinski definition) is 3. The SMILES string of the molecule is COc1cc(F)cc(C(CO)NC(=O)C(C)N2Cc3ccc(-c4nc(N)ncc4Cl)cc3C2=O)c1. The van der Waals surface area contributed by atoms with E-state index in [1.165, 1.54) is 36.4 Å². The maximum absolute atomic E-state index is 13.9. The molecule has 1 aliphatic heterocycles. The monoisotopic (exact) mass is 499 g/mol. The zero-order valence-corrected chi connectivity index (χ0v) is 19.7. The van der Waals surface area contributed by atoms with E-state index in [2.05, 4.69) is 15.3 Å². The summed E-state index contributed by atoms with van der Waals surface area (Å²) in [6.45, 7) is 1.34. The van der Waals surface area contributed by atoms with E-state index < -0.39 is 30.4 Å². The Morgan fingerprint density at radius 3 is 2.83 bits per heavy atom. The van der Waals surface area contributed by atoms with Gasteiger partial charge in [0.2, 0.25) is 11.9 Å². The van der Waals surface area contributed by atoms with Crippen molar-refractivity contribution >= 4 is 29.4 Å². The van der Waals surface area contributed by atoms with Crippen LogP contribution in [0.25, 0.3) is 11.3 Å². The Labute approximate surface area is 205 Å². The highest BCUT2D eigenvalue weighted by Crippen LogP contribution is 2.32. The second-order valence-electron chi connectivity index (χ2n) is 8.07. The van der Waals surface area contributed by atoms with E-state index in [0.29, 0.717) is 27.4 Å². The summed E-state index contributed by atoms with van der Waals surface area (Å²) in [4.78, 5) is 35.6. The highest BCUT2D eigenvalue weighted by atomic mass is 35.5. The molecule has 2 atom stereocenters. The summed E-state index contributed by atoms with van der Waals surface area (Å²) < 4.78 is 19.0. The van der Waals surface area contributed by atoms with Gasteiger partial charge in [-0.1, -0.05) is 23.7 Å². The van der Waals surface area contributed by atoms with Gasteiger partial charge in [-0.15, -0.1) is 0 Å². The lowest BCUT2D eigenvalue weighted by atomic mass is 10.0. The Hall–Kier alpha value is -3.76. The summed E-state index contributed by atoms with van der Waals surface area (Å²) >= 11 is 6.20. The number of rotatable bonds is 7. The first kappa shape index (κ1) is 24.4. The highest BCUT2D eigenvalue weighted by Gasteiger charge is 2.35. The van der Waals surface area contributed by atoms with Gasteiger partial charge in [-0.2, -0.15) is 0 Å². The number of nitrogens with one attached hydrogen (secondary N) is 1. The number of carbonyl (C=O) groups is 2. The number of fused-ring (bicyclic) bond motifs is 1. The first-order valence-electron chi connectivity index (χ1n) is 10.7. The van der Waals surface area contributed by atoms with E-state index in [-0.39, 0.29) is 24.1 Å². The van der Waals surface area contributed by atoms with E-state index in [9.17, 15) is 19.1 Å². The number of nitrogens with zero attached hydrogens (tertiary/aromatic N) is 3. The number of benzene rings is 2. The number of anilines is 1. The molecule has 9 nitrogen and oxygen atoms in total. The van der Waals surface area contributed by atoms with E-state index in [4.69, 9.17) is 22.1 Å². The van der Waals surface area contributed by atoms with Crippen LogP contribution in [-0.4, -0.2) is 51.5 Å². The van der Waals surface area contributed by atoms with Crippen molar-refractivity contribution in [3.63, 3.8) is 0 Å². The Balaban J connectivity index is 1.52. The molecule has 0 bridgehead atoms. The molecule has 11 heteroatoms. The molecule has 0 saturated heterocycles. The van der Waals surface area contributed by atoms with Gasteiger partial charge in [0.05, 0.1) is 36.7 Å². The van der Waals surface area contributed by atoms with Crippen molar-refractivity contribution in [1.29, 1.82) is 0 Å². The van der Waals surface area contributed by atoms with Crippen molar-refractivity contribution in [2.45, 2.75) is 25.6 Å². The second kappa shape index (κ2) is 9.85. The van der Waals surface area contributed by atoms with Crippen LogP contribution in [-0.2, 0) is 11.3 Å². The number of carbonyl (C=O) groups excluding carboxylic acids is 2. The fraction of sp³-hybridized carbons (Fsp3) is 0.250. The number of nitrogen functional groups attached to an aromatic ring is 1. The van der Waals surface area contributed by atoms with Gasteiger partial charge in [-0.05, 0) is 36.2 Å². The first-order chi connectivity index (χ1) is 16.7. The van der Waals surface area contributed by atoms with Gasteiger partial charge in [-0.3, -0.25) is 9.59 Å². The van der Waals surface area contributed by atoms with Crippen LogP contribution in [0.4, 0.5) is 10.3 Å². The minimum atomic E-state index is -0.883. The molecular formula is C24H23ClFN5O4. The van der Waals surface area contributed by atoms with Gasteiger partial charge < -0.3 is 25.8 Å². The van der Waals surface area contributed by atoms with Gasteiger partial charge >= 0.3 is 0 Å². The van der Waals surface area contributed by atoms with Crippen molar-refractivity contribution < 1.29 is 23.8 Å². The zero-order valence-electron chi connectivity index (χ0n) is 19.0. The zero-order chi connectivity index (χ0) is 25.3. The number of aromatic nitrogens is 2. The maximum atomic E-state index is 13.9. The van der Waals surface area contributed by atoms with Crippen LogP contribution in [0.3, 0.4) is 0 Å².